The lowest BCUT2D eigenvalue weighted by molar-refractivity contribution is -0.140. The smallest absolute Gasteiger partial charge is 0.305 e. The summed E-state index contributed by atoms with van der Waals surface area (Å²) in [7, 11) is 1.45. The predicted octanol–water partition coefficient (Wildman–Crippen LogP) is 3.70. The van der Waals surface area contributed by atoms with Crippen molar-refractivity contribution in [3.63, 3.8) is 0 Å². The topological polar surface area (TPSA) is 38.3 Å². The van der Waals surface area contributed by atoms with E-state index in [0.29, 0.717) is 6.42 Å². The predicted molar refractivity (Wildman–Crippen MR) is 79.4 cm³/mol. The summed E-state index contributed by atoms with van der Waals surface area (Å²) < 4.78 is 4.56. The number of methoxy groups -OCH3 is 1. The molecule has 18 heavy (non-hydrogen) atoms. The number of unbranched alkanes of at least 4 members (excludes halogenated alkanes) is 6. The van der Waals surface area contributed by atoms with Crippen LogP contribution in [0.3, 0.4) is 0 Å². The normalized spacial score (nSPS) is 12.6. The second-order valence-corrected chi connectivity index (χ2v) is 4.55. The van der Waals surface area contributed by atoms with E-state index in [1.165, 1.54) is 65.1 Å². The van der Waals surface area contributed by atoms with Crippen LogP contribution in [-0.2, 0) is 9.53 Å². The van der Waals surface area contributed by atoms with Crippen molar-refractivity contribution < 1.29 is 9.53 Å². The van der Waals surface area contributed by atoms with Gasteiger partial charge in [-0.1, -0.05) is 45.4 Å². The molecule has 0 bridgehead atoms. The van der Waals surface area contributed by atoms with E-state index >= 15 is 0 Å². The van der Waals surface area contributed by atoms with Gasteiger partial charge in [-0.2, -0.15) is 0 Å². The van der Waals surface area contributed by atoms with Crippen LogP contribution < -0.4 is 5.32 Å². The fourth-order valence-electron chi connectivity index (χ4n) is 1.51. The van der Waals surface area contributed by atoms with Crippen LogP contribution >= 0.6 is 12.4 Å². The van der Waals surface area contributed by atoms with Crippen LogP contribution in [0.1, 0.15) is 64.7 Å². The maximum atomic E-state index is 10.7. The maximum absolute atomic E-state index is 10.7. The highest BCUT2D eigenvalue weighted by Gasteiger charge is 1.98. The molecule has 0 unspecified atom stereocenters. The van der Waals surface area contributed by atoms with E-state index in [1.54, 1.807) is 0 Å². The monoisotopic (exact) mass is 279 g/mol. The van der Waals surface area contributed by atoms with Gasteiger partial charge in [0.25, 0.3) is 0 Å². The summed E-state index contributed by atoms with van der Waals surface area (Å²) in [6.07, 6.45) is 10.7. The molecule has 0 aromatic rings. The zero-order valence-electron chi connectivity index (χ0n) is 12.0. The van der Waals surface area contributed by atoms with Gasteiger partial charge in [0.1, 0.15) is 0 Å². The van der Waals surface area contributed by atoms with Gasteiger partial charge in [0.2, 0.25) is 0 Å². The number of halogens is 1. The van der Waals surface area contributed by atoms with Crippen LogP contribution in [-0.4, -0.2) is 26.2 Å². The van der Waals surface area contributed by atoms with Gasteiger partial charge in [-0.25, -0.2) is 0 Å². The molecule has 0 saturated carbocycles. The molecule has 1 N–H and O–H groups in total. The second-order valence-electron chi connectivity index (χ2n) is 4.55. The first-order valence-electron chi connectivity index (χ1n) is 7.08. The standard InChI is InChI=1S/C11H22O2.C3H7N.ClH/c1-3-4-5-6-7-8-9-10-11(12)13-2;1-2-4-3-1;/h3-10H2,1-2H3;4H,1-3H2;1H. The minimum absolute atomic E-state index is 0. The highest BCUT2D eigenvalue weighted by atomic mass is 35.5. The van der Waals surface area contributed by atoms with E-state index < -0.39 is 0 Å². The summed E-state index contributed by atoms with van der Waals surface area (Å²) in [6, 6.07) is 0. The molecule has 1 saturated heterocycles. The van der Waals surface area contributed by atoms with Gasteiger partial charge in [-0.3, -0.25) is 4.79 Å². The summed E-state index contributed by atoms with van der Waals surface area (Å²) in [6.45, 7) is 4.72. The van der Waals surface area contributed by atoms with Crippen molar-refractivity contribution in [1.82, 2.24) is 5.32 Å². The van der Waals surface area contributed by atoms with Crippen molar-refractivity contribution >= 4 is 18.4 Å². The SMILES string of the molecule is C1CNC1.CCCCCCCCCC(=O)OC.Cl. The molecule has 0 aromatic carbocycles. The molecule has 0 amide bonds. The van der Waals surface area contributed by atoms with E-state index in [-0.39, 0.29) is 18.4 Å². The largest absolute Gasteiger partial charge is 0.469 e. The minimum Gasteiger partial charge on any atom is -0.469 e. The number of hydrogen-bond acceptors (Lipinski definition) is 3. The number of carbonyl (C=O) groups excluding carboxylic acids is 1. The summed E-state index contributed by atoms with van der Waals surface area (Å²) in [5.41, 5.74) is 0. The number of esters is 1. The number of nitrogens with one attached hydrogen (secondary N) is 1. The van der Waals surface area contributed by atoms with Crippen LogP contribution in [0.25, 0.3) is 0 Å². The van der Waals surface area contributed by atoms with Crippen molar-refractivity contribution in [2.24, 2.45) is 0 Å². The molecule has 1 heterocycles. The van der Waals surface area contributed by atoms with Crippen LogP contribution in [0, 0.1) is 0 Å². The Kier molecular flexibility index (Phi) is 18.6. The van der Waals surface area contributed by atoms with Crippen molar-refractivity contribution in [2.75, 3.05) is 20.2 Å². The Morgan fingerprint density at radius 3 is 1.89 bits per heavy atom. The van der Waals surface area contributed by atoms with Gasteiger partial charge < -0.3 is 10.1 Å². The molecule has 0 aliphatic carbocycles. The van der Waals surface area contributed by atoms with Crippen molar-refractivity contribution in [3.8, 4) is 0 Å². The zero-order valence-corrected chi connectivity index (χ0v) is 12.8. The van der Waals surface area contributed by atoms with Gasteiger partial charge in [-0.05, 0) is 25.9 Å². The average Bonchev–Trinajstić information content (AvgIpc) is 2.25. The van der Waals surface area contributed by atoms with Gasteiger partial charge in [0.15, 0.2) is 0 Å². The first-order chi connectivity index (χ1) is 8.31. The lowest BCUT2D eigenvalue weighted by atomic mass is 10.1. The molecule has 3 nitrogen and oxygen atoms in total. The first kappa shape index (κ1) is 20.0. The number of hydrogen-bond donors (Lipinski definition) is 1. The van der Waals surface area contributed by atoms with E-state index in [1.807, 2.05) is 0 Å². The molecule has 0 radical (unpaired) electrons. The lowest BCUT2D eigenvalue weighted by Crippen LogP contribution is -2.29. The van der Waals surface area contributed by atoms with E-state index in [4.69, 9.17) is 0 Å². The van der Waals surface area contributed by atoms with Crippen molar-refractivity contribution in [1.29, 1.82) is 0 Å². The molecule has 1 fully saturated rings. The maximum Gasteiger partial charge on any atom is 0.305 e. The van der Waals surface area contributed by atoms with E-state index in [9.17, 15) is 4.79 Å². The van der Waals surface area contributed by atoms with Crippen molar-refractivity contribution in [3.05, 3.63) is 0 Å². The quantitative estimate of drug-likeness (QED) is 0.544. The fourth-order valence-corrected chi connectivity index (χ4v) is 1.51. The number of rotatable bonds is 8. The first-order valence-corrected chi connectivity index (χ1v) is 7.08. The second kappa shape index (κ2) is 16.7. The summed E-state index contributed by atoms with van der Waals surface area (Å²) in [4.78, 5) is 10.7. The zero-order chi connectivity index (χ0) is 12.8. The van der Waals surface area contributed by atoms with Gasteiger partial charge in [0.05, 0.1) is 7.11 Å². The molecule has 4 heteroatoms. The molecular weight excluding hydrogens is 250 g/mol. The molecular formula is C14H30ClNO2. The summed E-state index contributed by atoms with van der Waals surface area (Å²) in [5.74, 6) is -0.0754. The third-order valence-corrected chi connectivity index (χ3v) is 2.92. The van der Waals surface area contributed by atoms with Crippen LogP contribution in [0.4, 0.5) is 0 Å². The molecule has 1 aliphatic heterocycles. The Morgan fingerprint density at radius 1 is 1.06 bits per heavy atom. The fraction of sp³-hybridized carbons (Fsp3) is 0.929. The molecule has 0 aromatic heterocycles. The highest BCUT2D eigenvalue weighted by molar-refractivity contribution is 5.85. The number of ether oxygens (including phenoxy) is 1. The van der Waals surface area contributed by atoms with Gasteiger partial charge in [0, 0.05) is 6.42 Å². The lowest BCUT2D eigenvalue weighted by Gasteiger charge is -2.09. The van der Waals surface area contributed by atoms with Crippen LogP contribution in [0.5, 0.6) is 0 Å². The van der Waals surface area contributed by atoms with Gasteiger partial charge >= 0.3 is 5.97 Å². The third-order valence-electron chi connectivity index (χ3n) is 2.92. The van der Waals surface area contributed by atoms with Gasteiger partial charge in [-0.15, -0.1) is 12.4 Å². The Hall–Kier alpha value is -0.280. The molecule has 1 rings (SSSR count). The average molecular weight is 280 g/mol. The number of carbonyl (C=O) groups is 1. The van der Waals surface area contributed by atoms with Crippen LogP contribution in [0.15, 0.2) is 0 Å². The van der Waals surface area contributed by atoms with E-state index in [2.05, 4.69) is 17.0 Å². The molecule has 1 aliphatic rings. The molecule has 0 spiro atoms. The Labute approximate surface area is 118 Å². The highest BCUT2D eigenvalue weighted by Crippen LogP contribution is 2.08. The third kappa shape index (κ3) is 15.7. The Balaban J connectivity index is 0. The minimum atomic E-state index is -0.0754. The summed E-state index contributed by atoms with van der Waals surface area (Å²) in [5, 5.41) is 3.11. The Bertz CT molecular complexity index is 169. The molecule has 0 atom stereocenters. The van der Waals surface area contributed by atoms with E-state index in [0.717, 1.165) is 6.42 Å². The van der Waals surface area contributed by atoms with Crippen LogP contribution in [0.2, 0.25) is 0 Å². The van der Waals surface area contributed by atoms with Crippen molar-refractivity contribution in [2.45, 2.75) is 64.7 Å². The Morgan fingerprint density at radius 2 is 1.50 bits per heavy atom. The molecule has 110 valence electrons. The summed E-state index contributed by atoms with van der Waals surface area (Å²) >= 11 is 0.